The van der Waals surface area contributed by atoms with E-state index in [1.165, 1.54) is 19.3 Å². The zero-order valence-electron chi connectivity index (χ0n) is 10.2. The summed E-state index contributed by atoms with van der Waals surface area (Å²) in [4.78, 5) is 0. The lowest BCUT2D eigenvalue weighted by atomic mass is 10.0. The lowest BCUT2D eigenvalue weighted by Gasteiger charge is -2.29. The minimum atomic E-state index is -2.31. The van der Waals surface area contributed by atoms with Crippen LogP contribution in [-0.2, 0) is 9.09 Å². The Labute approximate surface area is 94.2 Å². The lowest BCUT2D eigenvalue weighted by molar-refractivity contribution is 0.292. The molecule has 1 rings (SSSR count). The maximum atomic E-state index is 12.6. The first-order valence-electron chi connectivity index (χ1n) is 6.46. The summed E-state index contributed by atoms with van der Waals surface area (Å²) in [6.45, 7) is 4.85. The van der Waals surface area contributed by atoms with Crippen LogP contribution in [0, 0.1) is 0 Å². The Balaban J connectivity index is 2.45. The van der Waals surface area contributed by atoms with E-state index in [-0.39, 0.29) is 0 Å². The molecule has 0 radical (unpaired) electrons. The molecule has 3 heteroatoms. The van der Waals surface area contributed by atoms with Gasteiger partial charge in [0.15, 0.2) is 0 Å². The SMILES string of the molecule is CCCCOP(=O)(CC)C1CCCCC1. The molecule has 0 spiro atoms. The second-order valence-electron chi connectivity index (χ2n) is 4.52. The van der Waals surface area contributed by atoms with Gasteiger partial charge in [0, 0.05) is 11.8 Å². The lowest BCUT2D eigenvalue weighted by Crippen LogP contribution is -2.16. The largest absolute Gasteiger partial charge is 0.328 e. The molecular weight excluding hydrogens is 207 g/mol. The van der Waals surface area contributed by atoms with E-state index in [9.17, 15) is 4.57 Å². The van der Waals surface area contributed by atoms with Crippen molar-refractivity contribution in [2.45, 2.75) is 64.5 Å². The van der Waals surface area contributed by atoms with Gasteiger partial charge in [-0.25, -0.2) is 0 Å². The monoisotopic (exact) mass is 232 g/mol. The highest BCUT2D eigenvalue weighted by Crippen LogP contribution is 2.56. The summed E-state index contributed by atoms with van der Waals surface area (Å²) in [7, 11) is -2.31. The van der Waals surface area contributed by atoms with Crippen molar-refractivity contribution in [1.29, 1.82) is 0 Å². The van der Waals surface area contributed by atoms with Crippen LogP contribution in [0.1, 0.15) is 58.8 Å². The Morgan fingerprint density at radius 1 is 1.20 bits per heavy atom. The van der Waals surface area contributed by atoms with Gasteiger partial charge >= 0.3 is 0 Å². The van der Waals surface area contributed by atoms with E-state index in [1.54, 1.807) is 0 Å². The summed E-state index contributed by atoms with van der Waals surface area (Å²) >= 11 is 0. The van der Waals surface area contributed by atoms with E-state index in [2.05, 4.69) is 6.92 Å². The number of rotatable bonds is 6. The summed E-state index contributed by atoms with van der Waals surface area (Å²) in [6, 6.07) is 0. The van der Waals surface area contributed by atoms with E-state index in [0.29, 0.717) is 12.3 Å². The molecule has 0 N–H and O–H groups in total. The van der Waals surface area contributed by atoms with Gasteiger partial charge in [-0.2, -0.15) is 0 Å². The van der Waals surface area contributed by atoms with Gasteiger partial charge in [0.1, 0.15) is 0 Å². The molecule has 15 heavy (non-hydrogen) atoms. The van der Waals surface area contributed by atoms with E-state index in [4.69, 9.17) is 4.52 Å². The molecule has 0 saturated heterocycles. The summed E-state index contributed by atoms with van der Waals surface area (Å²) in [5, 5.41) is 0. The van der Waals surface area contributed by atoms with Gasteiger partial charge in [-0.3, -0.25) is 4.57 Å². The molecule has 2 nitrogen and oxygen atoms in total. The summed E-state index contributed by atoms with van der Waals surface area (Å²) < 4.78 is 18.3. The van der Waals surface area contributed by atoms with Crippen LogP contribution in [-0.4, -0.2) is 18.4 Å². The molecule has 1 fully saturated rings. The molecule has 1 unspecified atom stereocenters. The van der Waals surface area contributed by atoms with Gasteiger partial charge in [-0.05, 0) is 19.3 Å². The average molecular weight is 232 g/mol. The third-order valence-corrected chi connectivity index (χ3v) is 6.51. The number of unbranched alkanes of at least 4 members (excludes halogenated alkanes) is 1. The van der Waals surface area contributed by atoms with Crippen molar-refractivity contribution < 1.29 is 9.09 Å². The molecule has 0 aliphatic heterocycles. The van der Waals surface area contributed by atoms with Gasteiger partial charge in [0.25, 0.3) is 0 Å². The molecule has 0 bridgehead atoms. The summed E-state index contributed by atoms with van der Waals surface area (Å²) in [5.74, 6) is 0. The van der Waals surface area contributed by atoms with Crippen molar-refractivity contribution >= 4 is 7.37 Å². The summed E-state index contributed by atoms with van der Waals surface area (Å²) in [5.41, 5.74) is 0.369. The molecule has 1 aliphatic rings. The fourth-order valence-electron chi connectivity index (χ4n) is 2.29. The van der Waals surface area contributed by atoms with Gasteiger partial charge in [-0.1, -0.05) is 39.5 Å². The first kappa shape index (κ1) is 13.3. The van der Waals surface area contributed by atoms with Crippen LogP contribution in [0.25, 0.3) is 0 Å². The summed E-state index contributed by atoms with van der Waals surface area (Å²) in [6.07, 6.45) is 8.92. The Morgan fingerprint density at radius 3 is 2.40 bits per heavy atom. The average Bonchev–Trinajstić information content (AvgIpc) is 2.30. The third-order valence-electron chi connectivity index (χ3n) is 3.38. The van der Waals surface area contributed by atoms with Crippen molar-refractivity contribution in [1.82, 2.24) is 0 Å². The molecule has 1 aliphatic carbocycles. The minimum Gasteiger partial charge on any atom is -0.328 e. The highest BCUT2D eigenvalue weighted by molar-refractivity contribution is 7.59. The van der Waals surface area contributed by atoms with Gasteiger partial charge in [0.05, 0.1) is 6.61 Å². The number of hydrogen-bond acceptors (Lipinski definition) is 2. The molecule has 90 valence electrons. The van der Waals surface area contributed by atoms with Crippen LogP contribution in [0.15, 0.2) is 0 Å². The smallest absolute Gasteiger partial charge is 0.205 e. The molecule has 0 aromatic carbocycles. The third kappa shape index (κ3) is 3.92. The zero-order chi connectivity index (χ0) is 11.1. The molecule has 0 aromatic rings. The molecular formula is C12H25O2P. The highest BCUT2D eigenvalue weighted by Gasteiger charge is 2.32. The predicted octanol–water partition coefficient (Wildman–Crippen LogP) is 4.43. The normalized spacial score (nSPS) is 22.5. The van der Waals surface area contributed by atoms with Crippen molar-refractivity contribution in [3.8, 4) is 0 Å². The topological polar surface area (TPSA) is 26.3 Å². The Hall–Kier alpha value is 0.190. The van der Waals surface area contributed by atoms with Gasteiger partial charge < -0.3 is 4.52 Å². The van der Waals surface area contributed by atoms with Gasteiger partial charge in [0.2, 0.25) is 7.37 Å². The van der Waals surface area contributed by atoms with Gasteiger partial charge in [-0.15, -0.1) is 0 Å². The molecule has 0 amide bonds. The molecule has 0 heterocycles. The first-order chi connectivity index (χ1) is 7.23. The van der Waals surface area contributed by atoms with E-state index < -0.39 is 7.37 Å². The second-order valence-corrected chi connectivity index (χ2v) is 7.59. The molecule has 1 saturated carbocycles. The standard InChI is InChI=1S/C12H25O2P/c1-3-5-11-14-15(13,4-2)12-9-7-6-8-10-12/h12H,3-11H2,1-2H3. The Bertz CT molecular complexity index is 210. The minimum absolute atomic E-state index is 0.369. The first-order valence-corrected chi connectivity index (χ1v) is 8.34. The Morgan fingerprint density at radius 2 is 1.87 bits per heavy atom. The Kier molecular flexibility index (Phi) is 5.92. The van der Waals surface area contributed by atoms with E-state index in [0.717, 1.165) is 31.8 Å². The molecule has 0 aromatic heterocycles. The fourth-order valence-corrected chi connectivity index (χ4v) is 4.79. The second kappa shape index (κ2) is 6.70. The van der Waals surface area contributed by atoms with E-state index >= 15 is 0 Å². The van der Waals surface area contributed by atoms with Crippen LogP contribution in [0.2, 0.25) is 0 Å². The van der Waals surface area contributed by atoms with E-state index in [1.807, 2.05) is 6.92 Å². The maximum absolute atomic E-state index is 12.6. The fraction of sp³-hybridized carbons (Fsp3) is 1.00. The highest BCUT2D eigenvalue weighted by atomic mass is 31.2. The quantitative estimate of drug-likeness (QED) is 0.500. The van der Waals surface area contributed by atoms with Crippen molar-refractivity contribution in [2.75, 3.05) is 12.8 Å². The van der Waals surface area contributed by atoms with Crippen LogP contribution < -0.4 is 0 Å². The zero-order valence-corrected chi connectivity index (χ0v) is 11.1. The molecule has 1 atom stereocenters. The van der Waals surface area contributed by atoms with Crippen LogP contribution in [0.5, 0.6) is 0 Å². The van der Waals surface area contributed by atoms with Crippen molar-refractivity contribution in [2.24, 2.45) is 0 Å². The number of hydrogen-bond donors (Lipinski definition) is 0. The van der Waals surface area contributed by atoms with Crippen LogP contribution >= 0.6 is 7.37 Å². The van der Waals surface area contributed by atoms with Crippen molar-refractivity contribution in [3.63, 3.8) is 0 Å². The van der Waals surface area contributed by atoms with Crippen molar-refractivity contribution in [3.05, 3.63) is 0 Å². The van der Waals surface area contributed by atoms with Crippen LogP contribution in [0.3, 0.4) is 0 Å². The maximum Gasteiger partial charge on any atom is 0.205 e. The predicted molar refractivity (Wildman–Crippen MR) is 65.9 cm³/mol. The van der Waals surface area contributed by atoms with Crippen LogP contribution in [0.4, 0.5) is 0 Å².